The molecule has 1 amide bonds. The molecule has 2 fully saturated rings. The Balaban J connectivity index is 1.20. The summed E-state index contributed by atoms with van der Waals surface area (Å²) < 4.78 is 51.1. The van der Waals surface area contributed by atoms with Gasteiger partial charge in [0.15, 0.2) is 0 Å². The number of nitrogens with zero attached hydrogens (tertiary/aromatic N) is 1. The van der Waals surface area contributed by atoms with Gasteiger partial charge in [-0.05, 0) is 47.2 Å². The highest BCUT2D eigenvalue weighted by atomic mass is 19.3. The predicted molar refractivity (Wildman–Crippen MR) is 130 cm³/mol. The van der Waals surface area contributed by atoms with Gasteiger partial charge in [-0.2, -0.15) is 8.78 Å². The summed E-state index contributed by atoms with van der Waals surface area (Å²) in [6.45, 7) is -2.98. The van der Waals surface area contributed by atoms with Gasteiger partial charge in [0.2, 0.25) is 0 Å². The van der Waals surface area contributed by atoms with Crippen LogP contribution in [0.3, 0.4) is 0 Å². The van der Waals surface area contributed by atoms with Crippen LogP contribution in [-0.4, -0.2) is 41.4 Å². The number of rotatable bonds is 5. The van der Waals surface area contributed by atoms with Crippen molar-refractivity contribution in [2.24, 2.45) is 0 Å². The Hall–Kier alpha value is -3.52. The van der Waals surface area contributed by atoms with Gasteiger partial charge in [-0.25, -0.2) is 9.18 Å². The van der Waals surface area contributed by atoms with Gasteiger partial charge in [0.05, 0.1) is 5.56 Å². The first kappa shape index (κ1) is 23.9. The van der Waals surface area contributed by atoms with Crippen LogP contribution < -0.4 is 4.74 Å². The van der Waals surface area contributed by atoms with E-state index in [0.29, 0.717) is 12.8 Å². The monoisotopic (exact) mass is 509 g/mol. The summed E-state index contributed by atoms with van der Waals surface area (Å²) in [4.78, 5) is 14.9. The molecule has 3 aliphatic rings. The SMILES string of the molecule is O=C(OCC1c2ccccc2-c2ccccc21)N1C2CCC1CC(O)(c1c(F)cccc1OC(F)F)C2. The third-order valence-corrected chi connectivity index (χ3v) is 7.97. The van der Waals surface area contributed by atoms with Gasteiger partial charge in [-0.3, -0.25) is 0 Å². The Kier molecular flexibility index (Phi) is 5.87. The quantitative estimate of drug-likeness (QED) is 0.446. The van der Waals surface area contributed by atoms with E-state index in [2.05, 4.69) is 16.9 Å². The van der Waals surface area contributed by atoms with Crippen LogP contribution in [0.25, 0.3) is 11.1 Å². The molecule has 0 saturated carbocycles. The Morgan fingerprint density at radius 3 is 2.14 bits per heavy atom. The van der Waals surface area contributed by atoms with E-state index < -0.39 is 36.2 Å². The van der Waals surface area contributed by atoms with Crippen molar-refractivity contribution in [3.63, 3.8) is 0 Å². The molecule has 0 spiro atoms. The number of benzene rings is 3. The summed E-state index contributed by atoms with van der Waals surface area (Å²) >= 11 is 0. The second-order valence-electron chi connectivity index (χ2n) is 10.0. The Bertz CT molecular complexity index is 1290. The summed E-state index contributed by atoms with van der Waals surface area (Å²) in [5.41, 5.74) is 2.47. The fourth-order valence-corrected chi connectivity index (χ4v) is 6.55. The van der Waals surface area contributed by atoms with Crippen LogP contribution >= 0.6 is 0 Å². The van der Waals surface area contributed by atoms with Crippen LogP contribution in [0.5, 0.6) is 5.75 Å². The minimum absolute atomic E-state index is 0.00816. The average Bonchev–Trinajstić information content (AvgIpc) is 3.34. The van der Waals surface area contributed by atoms with Crippen LogP contribution in [0.2, 0.25) is 0 Å². The second-order valence-corrected chi connectivity index (χ2v) is 10.0. The molecule has 3 aromatic carbocycles. The van der Waals surface area contributed by atoms with Gasteiger partial charge in [0.1, 0.15) is 23.8 Å². The van der Waals surface area contributed by atoms with Crippen molar-refractivity contribution >= 4 is 6.09 Å². The van der Waals surface area contributed by atoms with Crippen LogP contribution in [0.4, 0.5) is 18.0 Å². The zero-order chi connectivity index (χ0) is 25.7. The van der Waals surface area contributed by atoms with Crippen molar-refractivity contribution in [1.82, 2.24) is 4.90 Å². The van der Waals surface area contributed by atoms with Crippen LogP contribution in [0.15, 0.2) is 66.7 Å². The molecule has 5 nitrogen and oxygen atoms in total. The molecule has 2 saturated heterocycles. The zero-order valence-corrected chi connectivity index (χ0v) is 19.9. The van der Waals surface area contributed by atoms with E-state index >= 15 is 0 Å². The molecule has 2 atom stereocenters. The smallest absolute Gasteiger partial charge is 0.410 e. The number of carbonyl (C=O) groups is 1. The van der Waals surface area contributed by atoms with E-state index in [1.165, 1.54) is 12.1 Å². The van der Waals surface area contributed by atoms with Crippen molar-refractivity contribution in [3.8, 4) is 16.9 Å². The number of fused-ring (bicyclic) bond motifs is 5. The number of alkyl halides is 2. The lowest BCUT2D eigenvalue weighted by Crippen LogP contribution is -2.52. The summed E-state index contributed by atoms with van der Waals surface area (Å²) in [5.74, 6) is -1.27. The summed E-state index contributed by atoms with van der Waals surface area (Å²) in [6.07, 6.45) is 0.754. The number of halogens is 3. The standard InChI is InChI=1S/C29H26F3NO4/c30-24-10-5-11-25(37-27(31)32)26(24)29(35)14-17-12-13-18(15-29)33(17)28(34)36-16-23-21-8-3-1-6-19(21)20-7-2-4-9-22(20)23/h1-11,17-18,23,27,35H,12-16H2. The highest BCUT2D eigenvalue weighted by molar-refractivity contribution is 5.79. The molecule has 2 heterocycles. The third-order valence-electron chi connectivity index (χ3n) is 7.97. The van der Waals surface area contributed by atoms with Gasteiger partial charge >= 0.3 is 12.7 Å². The lowest BCUT2D eigenvalue weighted by Gasteiger charge is -2.43. The summed E-state index contributed by atoms with van der Waals surface area (Å²) in [6, 6.07) is 18.9. The Morgan fingerprint density at radius 2 is 1.54 bits per heavy atom. The molecular weight excluding hydrogens is 483 g/mol. The van der Waals surface area contributed by atoms with E-state index in [1.54, 1.807) is 4.90 Å². The maximum Gasteiger partial charge on any atom is 0.410 e. The molecule has 8 heteroatoms. The molecule has 2 bridgehead atoms. The number of aliphatic hydroxyl groups is 1. The highest BCUT2D eigenvalue weighted by Crippen LogP contribution is 2.49. The molecule has 6 rings (SSSR count). The topological polar surface area (TPSA) is 59.0 Å². The molecule has 192 valence electrons. The Morgan fingerprint density at radius 1 is 0.946 bits per heavy atom. The first-order chi connectivity index (χ1) is 17.9. The van der Waals surface area contributed by atoms with Crippen molar-refractivity contribution in [2.75, 3.05) is 6.61 Å². The van der Waals surface area contributed by atoms with Gasteiger partial charge in [0.25, 0.3) is 0 Å². The van der Waals surface area contributed by atoms with E-state index in [9.17, 15) is 23.1 Å². The van der Waals surface area contributed by atoms with Crippen molar-refractivity contribution in [3.05, 3.63) is 89.2 Å². The number of amides is 1. The van der Waals surface area contributed by atoms with Gasteiger partial charge in [-0.1, -0.05) is 54.6 Å². The number of carbonyl (C=O) groups excluding carboxylic acids is 1. The molecule has 2 aliphatic heterocycles. The lowest BCUT2D eigenvalue weighted by molar-refractivity contribution is -0.0705. The van der Waals surface area contributed by atoms with Gasteiger partial charge in [0, 0.05) is 30.8 Å². The number of ether oxygens (including phenoxy) is 2. The zero-order valence-electron chi connectivity index (χ0n) is 19.9. The highest BCUT2D eigenvalue weighted by Gasteiger charge is 2.52. The van der Waals surface area contributed by atoms with Crippen molar-refractivity contribution in [2.45, 2.75) is 55.9 Å². The van der Waals surface area contributed by atoms with Crippen LogP contribution in [0.1, 0.15) is 48.3 Å². The van der Waals surface area contributed by atoms with E-state index in [-0.39, 0.29) is 36.7 Å². The summed E-state index contributed by atoms with van der Waals surface area (Å²) in [7, 11) is 0. The molecule has 3 aromatic rings. The lowest BCUT2D eigenvalue weighted by atomic mass is 9.80. The van der Waals surface area contributed by atoms with Crippen molar-refractivity contribution in [1.29, 1.82) is 0 Å². The minimum Gasteiger partial charge on any atom is -0.448 e. The largest absolute Gasteiger partial charge is 0.448 e. The number of hydrogen-bond acceptors (Lipinski definition) is 4. The van der Waals surface area contributed by atoms with Gasteiger partial charge in [-0.15, -0.1) is 0 Å². The average molecular weight is 510 g/mol. The van der Waals surface area contributed by atoms with E-state index in [4.69, 9.17) is 4.74 Å². The van der Waals surface area contributed by atoms with Crippen molar-refractivity contribution < 1.29 is 32.5 Å². The minimum atomic E-state index is -3.15. The third kappa shape index (κ3) is 4.03. The number of hydrogen-bond donors (Lipinski definition) is 1. The molecule has 0 radical (unpaired) electrons. The molecule has 0 aromatic heterocycles. The Labute approximate surface area is 212 Å². The van der Waals surface area contributed by atoms with E-state index in [1.807, 2.05) is 36.4 Å². The summed E-state index contributed by atoms with van der Waals surface area (Å²) in [5, 5.41) is 11.5. The first-order valence-electron chi connectivity index (χ1n) is 12.5. The van der Waals surface area contributed by atoms with Crippen LogP contribution in [-0.2, 0) is 10.3 Å². The fourth-order valence-electron chi connectivity index (χ4n) is 6.55. The molecule has 1 aliphatic carbocycles. The second kappa shape index (κ2) is 9.10. The normalized spacial score (nSPS) is 24.2. The number of piperidine rings is 1. The fraction of sp³-hybridized carbons (Fsp3) is 0.345. The maximum absolute atomic E-state index is 14.8. The predicted octanol–water partition coefficient (Wildman–Crippen LogP) is 6.19. The molecular formula is C29H26F3NO4. The molecule has 1 N–H and O–H groups in total. The molecule has 37 heavy (non-hydrogen) atoms. The molecule has 2 unspecified atom stereocenters. The maximum atomic E-state index is 14.8. The van der Waals surface area contributed by atoms with Crippen LogP contribution in [0, 0.1) is 5.82 Å². The van der Waals surface area contributed by atoms with E-state index in [0.717, 1.165) is 28.3 Å². The first-order valence-corrected chi connectivity index (χ1v) is 12.5. The van der Waals surface area contributed by atoms with Gasteiger partial charge < -0.3 is 19.5 Å².